The first kappa shape index (κ1) is 8.29. The molecule has 0 aliphatic carbocycles. The lowest BCUT2D eigenvalue weighted by atomic mass is 9.96. The summed E-state index contributed by atoms with van der Waals surface area (Å²) in [6.45, 7) is 0.913. The Bertz CT molecular complexity index is 319. The number of methoxy groups -OCH3 is 1. The Morgan fingerprint density at radius 1 is 1.77 bits per heavy atom. The molecule has 0 radical (unpaired) electrons. The van der Waals surface area contributed by atoms with Gasteiger partial charge in [0.05, 0.1) is 18.7 Å². The fraction of sp³-hybridized carbons (Fsp3) is 0.556. The van der Waals surface area contributed by atoms with Gasteiger partial charge in [0.15, 0.2) is 0 Å². The predicted octanol–water partition coefficient (Wildman–Crippen LogP) is 0.933. The zero-order valence-corrected chi connectivity index (χ0v) is 7.56. The minimum absolute atomic E-state index is 0.110. The number of carbonyl (C=O) groups is 1. The highest BCUT2D eigenvalue weighted by Crippen LogP contribution is 2.27. The lowest BCUT2D eigenvalue weighted by Gasteiger charge is -2.21. The number of aryl methyl sites for hydroxylation is 1. The van der Waals surface area contributed by atoms with Crippen LogP contribution in [0.5, 0.6) is 0 Å². The minimum Gasteiger partial charge on any atom is -0.469 e. The van der Waals surface area contributed by atoms with Crippen LogP contribution in [0.15, 0.2) is 12.3 Å². The van der Waals surface area contributed by atoms with Crippen LogP contribution in [0.2, 0.25) is 0 Å². The van der Waals surface area contributed by atoms with Crippen LogP contribution >= 0.6 is 0 Å². The molecule has 0 spiro atoms. The largest absolute Gasteiger partial charge is 0.469 e. The summed E-state index contributed by atoms with van der Waals surface area (Å²) >= 11 is 0. The van der Waals surface area contributed by atoms with E-state index in [0.717, 1.165) is 25.1 Å². The zero-order valence-electron chi connectivity index (χ0n) is 7.56. The standard InChI is InChI=1S/C9H12N2O2/c1-13-9(12)7-3-2-6-11-8(7)4-5-10-11/h4-5,7H,2-3,6H2,1H3. The second kappa shape index (κ2) is 3.20. The maximum atomic E-state index is 11.4. The van der Waals surface area contributed by atoms with Crippen LogP contribution in [0.1, 0.15) is 24.5 Å². The average Bonchev–Trinajstić information content (AvgIpc) is 2.63. The van der Waals surface area contributed by atoms with Gasteiger partial charge in [-0.2, -0.15) is 5.10 Å². The quantitative estimate of drug-likeness (QED) is 0.604. The molecule has 1 aliphatic heterocycles. The molecule has 0 aromatic carbocycles. The van der Waals surface area contributed by atoms with Crippen LogP contribution < -0.4 is 0 Å². The number of esters is 1. The molecule has 13 heavy (non-hydrogen) atoms. The molecule has 70 valence electrons. The number of hydrogen-bond acceptors (Lipinski definition) is 3. The van der Waals surface area contributed by atoms with E-state index in [1.807, 2.05) is 10.7 Å². The highest BCUT2D eigenvalue weighted by atomic mass is 16.5. The third kappa shape index (κ3) is 1.32. The first-order chi connectivity index (χ1) is 6.33. The van der Waals surface area contributed by atoms with E-state index in [1.165, 1.54) is 7.11 Å². The number of carbonyl (C=O) groups excluding carboxylic acids is 1. The van der Waals surface area contributed by atoms with Crippen molar-refractivity contribution in [2.45, 2.75) is 25.3 Å². The maximum Gasteiger partial charge on any atom is 0.314 e. The topological polar surface area (TPSA) is 44.1 Å². The molecule has 4 nitrogen and oxygen atoms in total. The molecular weight excluding hydrogens is 168 g/mol. The number of ether oxygens (including phenoxy) is 1. The molecule has 2 rings (SSSR count). The fourth-order valence-electron chi connectivity index (χ4n) is 1.80. The van der Waals surface area contributed by atoms with Crippen molar-refractivity contribution in [1.29, 1.82) is 0 Å². The molecule has 4 heteroatoms. The smallest absolute Gasteiger partial charge is 0.314 e. The third-order valence-corrected chi connectivity index (χ3v) is 2.45. The molecule has 1 aromatic rings. The lowest BCUT2D eigenvalue weighted by molar-refractivity contribution is -0.143. The maximum absolute atomic E-state index is 11.4. The molecule has 1 unspecified atom stereocenters. The van der Waals surface area contributed by atoms with Gasteiger partial charge in [-0.3, -0.25) is 9.48 Å². The van der Waals surface area contributed by atoms with Gasteiger partial charge in [0, 0.05) is 12.7 Å². The van der Waals surface area contributed by atoms with E-state index in [0.29, 0.717) is 0 Å². The van der Waals surface area contributed by atoms with E-state index in [4.69, 9.17) is 4.74 Å². The van der Waals surface area contributed by atoms with Gasteiger partial charge in [-0.25, -0.2) is 0 Å². The van der Waals surface area contributed by atoms with Crippen LogP contribution in [0.4, 0.5) is 0 Å². The second-order valence-corrected chi connectivity index (χ2v) is 3.20. The van der Waals surface area contributed by atoms with Gasteiger partial charge in [-0.05, 0) is 18.9 Å². The molecule has 2 heterocycles. The summed E-state index contributed by atoms with van der Waals surface area (Å²) < 4.78 is 6.62. The number of nitrogens with zero attached hydrogens (tertiary/aromatic N) is 2. The summed E-state index contributed by atoms with van der Waals surface area (Å²) in [4.78, 5) is 11.4. The number of rotatable bonds is 1. The number of fused-ring (bicyclic) bond motifs is 1. The van der Waals surface area contributed by atoms with Crippen molar-refractivity contribution in [2.75, 3.05) is 7.11 Å². The summed E-state index contributed by atoms with van der Waals surface area (Å²) in [6, 6.07) is 1.89. The molecule has 1 atom stereocenters. The van der Waals surface area contributed by atoms with Crippen LogP contribution in [0.25, 0.3) is 0 Å². The van der Waals surface area contributed by atoms with Crippen LogP contribution in [-0.4, -0.2) is 22.9 Å². The summed E-state index contributed by atoms with van der Waals surface area (Å²) in [5, 5.41) is 4.13. The predicted molar refractivity (Wildman–Crippen MR) is 46.2 cm³/mol. The molecule has 0 bridgehead atoms. The van der Waals surface area contributed by atoms with Crippen LogP contribution in [0, 0.1) is 0 Å². The highest BCUT2D eigenvalue weighted by Gasteiger charge is 2.27. The molecule has 1 aliphatic rings. The van der Waals surface area contributed by atoms with E-state index in [-0.39, 0.29) is 11.9 Å². The molecule has 0 N–H and O–H groups in total. The van der Waals surface area contributed by atoms with E-state index < -0.39 is 0 Å². The van der Waals surface area contributed by atoms with Gasteiger partial charge in [0.25, 0.3) is 0 Å². The van der Waals surface area contributed by atoms with E-state index in [2.05, 4.69) is 5.10 Å². The number of aromatic nitrogens is 2. The van der Waals surface area contributed by atoms with Gasteiger partial charge in [-0.1, -0.05) is 0 Å². The normalized spacial score (nSPS) is 20.8. The number of hydrogen-bond donors (Lipinski definition) is 0. The zero-order chi connectivity index (χ0) is 9.26. The van der Waals surface area contributed by atoms with Gasteiger partial charge in [0.1, 0.15) is 0 Å². The molecule has 1 aromatic heterocycles. The molecule has 0 saturated carbocycles. The van der Waals surface area contributed by atoms with Crippen molar-refractivity contribution in [1.82, 2.24) is 9.78 Å². The first-order valence-corrected chi connectivity index (χ1v) is 4.42. The summed E-state index contributed by atoms with van der Waals surface area (Å²) in [5.74, 6) is -0.261. The Morgan fingerprint density at radius 2 is 2.62 bits per heavy atom. The minimum atomic E-state index is -0.151. The van der Waals surface area contributed by atoms with Crippen molar-refractivity contribution in [3.63, 3.8) is 0 Å². The first-order valence-electron chi connectivity index (χ1n) is 4.42. The van der Waals surface area contributed by atoms with Gasteiger partial charge < -0.3 is 4.74 Å². The highest BCUT2D eigenvalue weighted by molar-refractivity contribution is 5.77. The van der Waals surface area contributed by atoms with E-state index in [9.17, 15) is 4.79 Å². The lowest BCUT2D eigenvalue weighted by Crippen LogP contribution is -2.23. The average molecular weight is 180 g/mol. The monoisotopic (exact) mass is 180 g/mol. The van der Waals surface area contributed by atoms with E-state index in [1.54, 1.807) is 6.20 Å². The van der Waals surface area contributed by atoms with Crippen molar-refractivity contribution in [2.24, 2.45) is 0 Å². The SMILES string of the molecule is COC(=O)C1CCCn2nccc21. The van der Waals surface area contributed by atoms with Crippen LogP contribution in [0.3, 0.4) is 0 Å². The Morgan fingerprint density at radius 3 is 3.38 bits per heavy atom. The second-order valence-electron chi connectivity index (χ2n) is 3.20. The summed E-state index contributed by atoms with van der Waals surface area (Å²) in [6.07, 6.45) is 3.60. The van der Waals surface area contributed by atoms with Gasteiger partial charge in [-0.15, -0.1) is 0 Å². The Hall–Kier alpha value is -1.32. The third-order valence-electron chi connectivity index (χ3n) is 2.45. The Kier molecular flexibility index (Phi) is 2.04. The van der Waals surface area contributed by atoms with Gasteiger partial charge in [0.2, 0.25) is 0 Å². The Labute approximate surface area is 76.5 Å². The fourth-order valence-corrected chi connectivity index (χ4v) is 1.80. The van der Waals surface area contributed by atoms with Gasteiger partial charge >= 0.3 is 5.97 Å². The molecular formula is C9H12N2O2. The van der Waals surface area contributed by atoms with E-state index >= 15 is 0 Å². The molecule has 0 fully saturated rings. The van der Waals surface area contributed by atoms with Crippen LogP contribution in [-0.2, 0) is 16.1 Å². The Balaban J connectivity index is 2.30. The van der Waals surface area contributed by atoms with Crippen molar-refractivity contribution in [3.05, 3.63) is 18.0 Å². The molecule has 0 saturated heterocycles. The van der Waals surface area contributed by atoms with Crippen molar-refractivity contribution >= 4 is 5.97 Å². The summed E-state index contributed by atoms with van der Waals surface area (Å²) in [7, 11) is 1.43. The molecule has 0 amide bonds. The van der Waals surface area contributed by atoms with Crippen molar-refractivity contribution < 1.29 is 9.53 Å². The summed E-state index contributed by atoms with van der Waals surface area (Å²) in [5.41, 5.74) is 0.984. The van der Waals surface area contributed by atoms with Crippen molar-refractivity contribution in [3.8, 4) is 0 Å².